The Hall–Kier alpha value is -2.37. The second kappa shape index (κ2) is 9.67. The third-order valence-corrected chi connectivity index (χ3v) is 8.82. The fourth-order valence-corrected chi connectivity index (χ4v) is 5.98. The largest absolute Gasteiger partial charge is 0.471 e. The Bertz CT molecular complexity index is 986. The number of hydrogen-bond acceptors (Lipinski definition) is 5. The van der Waals surface area contributed by atoms with Crippen LogP contribution >= 0.6 is 0 Å². The van der Waals surface area contributed by atoms with Crippen molar-refractivity contribution in [3.05, 3.63) is 0 Å². The molecular weight excluding hydrogens is 505 g/mol. The van der Waals surface area contributed by atoms with Gasteiger partial charge in [0.25, 0.3) is 5.91 Å². The van der Waals surface area contributed by atoms with Crippen molar-refractivity contribution in [2.45, 2.75) is 90.7 Å². The van der Waals surface area contributed by atoms with Gasteiger partial charge in [-0.3, -0.25) is 19.2 Å². The SMILES string of the molecule is CC1(C)C2CN(C(=O)[C@@H](NC(=O)C(F)(F)F)C(C)(C)C)C(C(=O)NC(CC3CC3)C(O)C(=O)N3CCC3)C21. The Morgan fingerprint density at radius 1 is 1.03 bits per heavy atom. The number of alkyl halides is 3. The van der Waals surface area contributed by atoms with E-state index in [1.54, 1.807) is 25.7 Å². The number of rotatable bonds is 8. The molecule has 2 aliphatic carbocycles. The molecule has 9 nitrogen and oxygen atoms in total. The zero-order valence-electron chi connectivity index (χ0n) is 22.6. The van der Waals surface area contributed by atoms with Crippen LogP contribution in [-0.2, 0) is 19.2 Å². The van der Waals surface area contributed by atoms with Crippen molar-refractivity contribution >= 4 is 23.6 Å². The number of carbonyl (C=O) groups is 4. The number of hydrogen-bond donors (Lipinski definition) is 3. The highest BCUT2D eigenvalue weighted by Gasteiger charge is 2.70. The number of likely N-dealkylation sites (tertiary alicyclic amines) is 2. The number of halogens is 3. The van der Waals surface area contributed by atoms with E-state index in [2.05, 4.69) is 5.32 Å². The molecule has 0 aromatic rings. The van der Waals surface area contributed by atoms with Crippen LogP contribution in [-0.4, -0.2) is 88.6 Å². The van der Waals surface area contributed by atoms with Crippen LogP contribution in [0.4, 0.5) is 13.2 Å². The first kappa shape index (κ1) is 28.6. The van der Waals surface area contributed by atoms with Gasteiger partial charge in [0.15, 0.2) is 6.10 Å². The maximum absolute atomic E-state index is 13.7. The van der Waals surface area contributed by atoms with Crippen molar-refractivity contribution in [2.75, 3.05) is 19.6 Å². The molecule has 2 saturated heterocycles. The summed E-state index contributed by atoms with van der Waals surface area (Å²) in [5.74, 6) is -3.91. The van der Waals surface area contributed by atoms with Crippen molar-refractivity contribution in [3.8, 4) is 0 Å². The first-order valence-electron chi connectivity index (χ1n) is 13.4. The molecule has 2 heterocycles. The Balaban J connectivity index is 1.55. The predicted octanol–water partition coefficient (Wildman–Crippen LogP) is 1.44. The predicted molar refractivity (Wildman–Crippen MR) is 130 cm³/mol. The third kappa shape index (κ3) is 5.51. The van der Waals surface area contributed by atoms with Crippen LogP contribution in [0.1, 0.15) is 60.3 Å². The Morgan fingerprint density at radius 3 is 2.11 bits per heavy atom. The van der Waals surface area contributed by atoms with Crippen molar-refractivity contribution in [1.82, 2.24) is 20.4 Å². The van der Waals surface area contributed by atoms with Crippen LogP contribution in [0.3, 0.4) is 0 Å². The van der Waals surface area contributed by atoms with E-state index in [0.29, 0.717) is 19.5 Å². The molecule has 6 atom stereocenters. The standard InChI is InChI=1S/C26H39F3N4O5/c1-24(2,3)19(31-23(38)26(27,28)29)22(37)33-12-14-16(25(14,4)5)17(33)20(35)30-15(11-13-7-8-13)18(34)21(36)32-9-6-10-32/h13-19,34H,6-12H2,1-5H3,(H,30,35)(H,31,38)/t14?,15?,16?,17?,18?,19-/m1/s1. The van der Waals surface area contributed by atoms with Crippen LogP contribution in [0.5, 0.6) is 0 Å². The summed E-state index contributed by atoms with van der Waals surface area (Å²) in [6, 6.07) is -3.32. The van der Waals surface area contributed by atoms with Gasteiger partial charge in [0.05, 0.1) is 6.04 Å². The van der Waals surface area contributed by atoms with E-state index >= 15 is 0 Å². The summed E-state index contributed by atoms with van der Waals surface area (Å²) >= 11 is 0. The molecule has 0 bridgehead atoms. The van der Waals surface area contributed by atoms with Crippen LogP contribution in [0.15, 0.2) is 0 Å². The maximum atomic E-state index is 13.7. The fraction of sp³-hybridized carbons (Fsp3) is 0.846. The maximum Gasteiger partial charge on any atom is 0.471 e. The average molecular weight is 545 g/mol. The van der Waals surface area contributed by atoms with Gasteiger partial charge in [-0.2, -0.15) is 13.2 Å². The number of aliphatic hydroxyl groups excluding tert-OH is 1. The molecule has 2 saturated carbocycles. The van der Waals surface area contributed by atoms with E-state index in [-0.39, 0.29) is 29.7 Å². The molecule has 4 rings (SSSR count). The molecule has 3 N–H and O–H groups in total. The molecule has 0 radical (unpaired) electrons. The lowest BCUT2D eigenvalue weighted by Crippen LogP contribution is -2.62. The van der Waals surface area contributed by atoms with E-state index in [4.69, 9.17) is 0 Å². The molecular formula is C26H39F3N4O5. The Labute approximate surface area is 220 Å². The van der Waals surface area contributed by atoms with Gasteiger partial charge in [-0.05, 0) is 41.4 Å². The van der Waals surface area contributed by atoms with Crippen molar-refractivity contribution in [3.63, 3.8) is 0 Å². The minimum atomic E-state index is -5.16. The number of nitrogens with one attached hydrogen (secondary N) is 2. The van der Waals surface area contributed by atoms with Gasteiger partial charge < -0.3 is 25.5 Å². The van der Waals surface area contributed by atoms with E-state index in [1.807, 2.05) is 19.2 Å². The highest BCUT2D eigenvalue weighted by atomic mass is 19.4. The zero-order chi connectivity index (χ0) is 28.4. The number of aliphatic hydroxyl groups is 1. The quantitative estimate of drug-likeness (QED) is 0.427. The van der Waals surface area contributed by atoms with Gasteiger partial charge in [0.1, 0.15) is 12.1 Å². The van der Waals surface area contributed by atoms with Crippen molar-refractivity contribution in [2.24, 2.45) is 28.6 Å². The van der Waals surface area contributed by atoms with Gasteiger partial charge in [-0.15, -0.1) is 0 Å². The van der Waals surface area contributed by atoms with E-state index < -0.39 is 59.4 Å². The summed E-state index contributed by atoms with van der Waals surface area (Å²) in [6.45, 7) is 9.87. The summed E-state index contributed by atoms with van der Waals surface area (Å²) in [6.07, 6.45) is -3.41. The number of fused-ring (bicyclic) bond motifs is 1. The summed E-state index contributed by atoms with van der Waals surface area (Å²) in [4.78, 5) is 54.7. The van der Waals surface area contributed by atoms with Crippen molar-refractivity contribution < 1.29 is 37.5 Å². The number of carbonyl (C=O) groups excluding carboxylic acids is 4. The van der Waals surface area contributed by atoms with Gasteiger partial charge in [0, 0.05) is 19.6 Å². The second-order valence-corrected chi connectivity index (χ2v) is 13.1. The summed E-state index contributed by atoms with van der Waals surface area (Å²) in [5.41, 5.74) is -1.32. The van der Waals surface area contributed by atoms with Crippen LogP contribution in [0.2, 0.25) is 0 Å². The molecule has 214 valence electrons. The fourth-order valence-electron chi connectivity index (χ4n) is 5.98. The van der Waals surface area contributed by atoms with E-state index in [9.17, 15) is 37.5 Å². The highest BCUT2D eigenvalue weighted by Crippen LogP contribution is 2.65. The molecule has 4 fully saturated rings. The zero-order valence-corrected chi connectivity index (χ0v) is 22.6. The normalized spacial score (nSPS) is 28.5. The molecule has 38 heavy (non-hydrogen) atoms. The number of piperidine rings is 1. The Kier molecular flexibility index (Phi) is 7.29. The molecule has 0 aromatic carbocycles. The molecule has 12 heteroatoms. The van der Waals surface area contributed by atoms with Crippen LogP contribution in [0, 0.1) is 28.6 Å². The molecule has 0 aromatic heterocycles. The minimum absolute atomic E-state index is 0.0318. The van der Waals surface area contributed by atoms with Gasteiger partial charge in [-0.1, -0.05) is 47.5 Å². The smallest absolute Gasteiger partial charge is 0.381 e. The van der Waals surface area contributed by atoms with Gasteiger partial charge >= 0.3 is 12.1 Å². The summed E-state index contributed by atoms with van der Waals surface area (Å²) in [7, 11) is 0. The molecule has 4 amide bonds. The summed E-state index contributed by atoms with van der Waals surface area (Å²) in [5, 5.41) is 15.5. The minimum Gasteiger partial charge on any atom is -0.381 e. The second-order valence-electron chi connectivity index (χ2n) is 13.1. The highest BCUT2D eigenvalue weighted by molar-refractivity contribution is 5.95. The van der Waals surface area contributed by atoms with Gasteiger partial charge in [0.2, 0.25) is 11.8 Å². The van der Waals surface area contributed by atoms with Crippen LogP contribution in [0.25, 0.3) is 0 Å². The number of nitrogens with zero attached hydrogens (tertiary/aromatic N) is 2. The topological polar surface area (TPSA) is 119 Å². The third-order valence-electron chi connectivity index (χ3n) is 8.82. The molecule has 2 aliphatic heterocycles. The molecule has 0 spiro atoms. The lowest BCUT2D eigenvalue weighted by Gasteiger charge is -2.38. The molecule has 4 aliphatic rings. The average Bonchev–Trinajstić information content (AvgIpc) is 3.60. The lowest BCUT2D eigenvalue weighted by molar-refractivity contribution is -0.176. The number of amides is 4. The summed E-state index contributed by atoms with van der Waals surface area (Å²) < 4.78 is 39.1. The molecule has 5 unspecified atom stereocenters. The van der Waals surface area contributed by atoms with Gasteiger partial charge in [-0.25, -0.2) is 0 Å². The van der Waals surface area contributed by atoms with E-state index in [0.717, 1.165) is 19.3 Å². The van der Waals surface area contributed by atoms with E-state index in [1.165, 1.54) is 4.90 Å². The van der Waals surface area contributed by atoms with Crippen LogP contribution < -0.4 is 10.6 Å². The first-order valence-corrected chi connectivity index (χ1v) is 13.4. The van der Waals surface area contributed by atoms with Crippen molar-refractivity contribution in [1.29, 1.82) is 0 Å². The lowest BCUT2D eigenvalue weighted by atomic mass is 9.85. The Morgan fingerprint density at radius 2 is 1.63 bits per heavy atom. The monoisotopic (exact) mass is 544 g/mol. The first-order chi connectivity index (χ1) is 17.4.